The van der Waals surface area contributed by atoms with Crippen LogP contribution in [0.1, 0.15) is 25.0 Å². The van der Waals surface area contributed by atoms with Crippen LogP contribution in [0, 0.1) is 5.92 Å². The standard InChI is InChI=1S/C14H23NO3/c1-3-14(18-8-1)12-17-7-2-6-15-11-13-4-9-16-10-5-13/h1,3,8,13,15H,2,4-7,9-12H2. The van der Waals surface area contributed by atoms with Crippen molar-refractivity contribution in [2.24, 2.45) is 5.92 Å². The summed E-state index contributed by atoms with van der Waals surface area (Å²) < 4.78 is 16.0. The van der Waals surface area contributed by atoms with Gasteiger partial charge >= 0.3 is 0 Å². The van der Waals surface area contributed by atoms with Gasteiger partial charge in [-0.05, 0) is 50.4 Å². The molecule has 0 aromatic carbocycles. The Kier molecular flexibility index (Phi) is 6.26. The molecule has 1 aromatic heterocycles. The van der Waals surface area contributed by atoms with Crippen molar-refractivity contribution in [1.82, 2.24) is 5.32 Å². The van der Waals surface area contributed by atoms with E-state index in [-0.39, 0.29) is 0 Å². The SMILES string of the molecule is c1coc(COCCCNCC2CCOCC2)c1. The highest BCUT2D eigenvalue weighted by Crippen LogP contribution is 2.12. The van der Waals surface area contributed by atoms with Crippen LogP contribution in [0.25, 0.3) is 0 Å². The Hall–Kier alpha value is -0.840. The quantitative estimate of drug-likeness (QED) is 0.721. The van der Waals surface area contributed by atoms with E-state index in [4.69, 9.17) is 13.9 Å². The number of ether oxygens (including phenoxy) is 2. The first-order chi connectivity index (χ1) is 8.95. The molecule has 0 unspecified atom stereocenters. The van der Waals surface area contributed by atoms with Gasteiger partial charge in [0.2, 0.25) is 0 Å². The molecule has 0 atom stereocenters. The van der Waals surface area contributed by atoms with E-state index in [1.54, 1.807) is 6.26 Å². The Morgan fingerprint density at radius 3 is 3.00 bits per heavy atom. The molecule has 102 valence electrons. The Labute approximate surface area is 109 Å². The zero-order valence-electron chi connectivity index (χ0n) is 10.9. The van der Waals surface area contributed by atoms with Crippen molar-refractivity contribution >= 4 is 0 Å². The molecule has 0 radical (unpaired) electrons. The van der Waals surface area contributed by atoms with Crippen molar-refractivity contribution in [3.05, 3.63) is 24.2 Å². The minimum absolute atomic E-state index is 0.576. The topological polar surface area (TPSA) is 43.6 Å². The summed E-state index contributed by atoms with van der Waals surface area (Å²) in [6.45, 7) is 5.35. The van der Waals surface area contributed by atoms with Gasteiger partial charge in [-0.1, -0.05) is 0 Å². The van der Waals surface area contributed by atoms with Crippen LogP contribution in [0.4, 0.5) is 0 Å². The van der Waals surface area contributed by atoms with E-state index < -0.39 is 0 Å². The van der Waals surface area contributed by atoms with Crippen LogP contribution in [-0.4, -0.2) is 32.9 Å². The van der Waals surface area contributed by atoms with Crippen LogP contribution in [0.5, 0.6) is 0 Å². The second-order valence-corrected chi connectivity index (χ2v) is 4.75. The zero-order chi connectivity index (χ0) is 12.5. The number of nitrogens with one attached hydrogen (secondary N) is 1. The molecule has 1 fully saturated rings. The number of hydrogen-bond donors (Lipinski definition) is 1. The molecule has 0 amide bonds. The van der Waals surface area contributed by atoms with Crippen LogP contribution in [-0.2, 0) is 16.1 Å². The van der Waals surface area contributed by atoms with Crippen molar-refractivity contribution in [2.75, 3.05) is 32.9 Å². The van der Waals surface area contributed by atoms with Gasteiger partial charge in [0.15, 0.2) is 0 Å². The van der Waals surface area contributed by atoms with Gasteiger partial charge in [0.25, 0.3) is 0 Å². The van der Waals surface area contributed by atoms with Gasteiger partial charge in [0, 0.05) is 19.8 Å². The first kappa shape index (κ1) is 13.6. The lowest BCUT2D eigenvalue weighted by molar-refractivity contribution is 0.0657. The summed E-state index contributed by atoms with van der Waals surface area (Å²) in [5, 5.41) is 3.49. The molecular weight excluding hydrogens is 230 g/mol. The highest BCUT2D eigenvalue weighted by Gasteiger charge is 2.12. The first-order valence-electron chi connectivity index (χ1n) is 6.84. The molecule has 2 heterocycles. The molecule has 1 N–H and O–H groups in total. The molecule has 1 aliphatic rings. The molecule has 4 nitrogen and oxygen atoms in total. The number of hydrogen-bond acceptors (Lipinski definition) is 4. The molecular formula is C14H23NO3. The summed E-state index contributed by atoms with van der Waals surface area (Å²) in [5.41, 5.74) is 0. The Morgan fingerprint density at radius 2 is 2.22 bits per heavy atom. The Morgan fingerprint density at radius 1 is 1.33 bits per heavy atom. The minimum Gasteiger partial charge on any atom is -0.467 e. The molecule has 1 aromatic rings. The third kappa shape index (κ3) is 5.21. The molecule has 18 heavy (non-hydrogen) atoms. The third-order valence-corrected chi connectivity index (χ3v) is 3.24. The summed E-state index contributed by atoms with van der Waals surface area (Å²) in [4.78, 5) is 0. The first-order valence-corrected chi connectivity index (χ1v) is 6.84. The molecule has 0 bridgehead atoms. The molecule has 2 rings (SSSR count). The van der Waals surface area contributed by atoms with Crippen LogP contribution < -0.4 is 5.32 Å². The van der Waals surface area contributed by atoms with Crippen LogP contribution >= 0.6 is 0 Å². The van der Waals surface area contributed by atoms with Gasteiger partial charge in [-0.15, -0.1) is 0 Å². The monoisotopic (exact) mass is 253 g/mol. The average Bonchev–Trinajstić information content (AvgIpc) is 2.92. The molecule has 0 saturated carbocycles. The van der Waals surface area contributed by atoms with E-state index in [0.29, 0.717) is 6.61 Å². The van der Waals surface area contributed by atoms with Crippen molar-refractivity contribution < 1.29 is 13.9 Å². The van der Waals surface area contributed by atoms with Gasteiger partial charge in [-0.2, -0.15) is 0 Å². The lowest BCUT2D eigenvalue weighted by Crippen LogP contribution is -2.28. The highest BCUT2D eigenvalue weighted by molar-refractivity contribution is 4.95. The minimum atomic E-state index is 0.576. The van der Waals surface area contributed by atoms with E-state index >= 15 is 0 Å². The summed E-state index contributed by atoms with van der Waals surface area (Å²) in [6.07, 6.45) is 5.11. The van der Waals surface area contributed by atoms with E-state index in [0.717, 1.165) is 51.0 Å². The number of furan rings is 1. The molecule has 1 aliphatic heterocycles. The fraction of sp³-hybridized carbons (Fsp3) is 0.714. The van der Waals surface area contributed by atoms with Crippen molar-refractivity contribution in [2.45, 2.75) is 25.9 Å². The molecule has 4 heteroatoms. The second-order valence-electron chi connectivity index (χ2n) is 4.75. The van der Waals surface area contributed by atoms with Crippen molar-refractivity contribution in [3.8, 4) is 0 Å². The summed E-state index contributed by atoms with van der Waals surface area (Å²) >= 11 is 0. The van der Waals surface area contributed by atoms with Gasteiger partial charge in [-0.25, -0.2) is 0 Å². The van der Waals surface area contributed by atoms with E-state index in [9.17, 15) is 0 Å². The maximum absolute atomic E-state index is 5.52. The van der Waals surface area contributed by atoms with E-state index in [1.807, 2.05) is 12.1 Å². The lowest BCUT2D eigenvalue weighted by atomic mass is 10.0. The Bertz CT molecular complexity index is 294. The Balaban J connectivity index is 1.39. The predicted molar refractivity (Wildman–Crippen MR) is 69.4 cm³/mol. The van der Waals surface area contributed by atoms with Gasteiger partial charge in [0.1, 0.15) is 12.4 Å². The maximum Gasteiger partial charge on any atom is 0.129 e. The molecule has 1 saturated heterocycles. The maximum atomic E-state index is 5.52. The summed E-state index contributed by atoms with van der Waals surface area (Å²) in [7, 11) is 0. The van der Waals surface area contributed by atoms with Crippen LogP contribution in [0.2, 0.25) is 0 Å². The van der Waals surface area contributed by atoms with Gasteiger partial charge < -0.3 is 19.2 Å². The predicted octanol–water partition coefficient (Wildman–Crippen LogP) is 2.20. The largest absolute Gasteiger partial charge is 0.467 e. The average molecular weight is 253 g/mol. The van der Waals surface area contributed by atoms with Crippen molar-refractivity contribution in [3.63, 3.8) is 0 Å². The fourth-order valence-corrected chi connectivity index (χ4v) is 2.12. The summed E-state index contributed by atoms with van der Waals surface area (Å²) in [5.74, 6) is 1.69. The summed E-state index contributed by atoms with van der Waals surface area (Å²) in [6, 6.07) is 3.82. The second kappa shape index (κ2) is 8.29. The van der Waals surface area contributed by atoms with Crippen LogP contribution in [0.3, 0.4) is 0 Å². The third-order valence-electron chi connectivity index (χ3n) is 3.24. The normalized spacial score (nSPS) is 17.1. The fourth-order valence-electron chi connectivity index (χ4n) is 2.12. The number of rotatable bonds is 8. The smallest absolute Gasteiger partial charge is 0.129 e. The van der Waals surface area contributed by atoms with Crippen LogP contribution in [0.15, 0.2) is 22.8 Å². The zero-order valence-corrected chi connectivity index (χ0v) is 10.9. The molecule has 0 aliphatic carbocycles. The van der Waals surface area contributed by atoms with Gasteiger partial charge in [-0.3, -0.25) is 0 Å². The lowest BCUT2D eigenvalue weighted by Gasteiger charge is -2.22. The molecule has 0 spiro atoms. The van der Waals surface area contributed by atoms with E-state index in [2.05, 4.69) is 5.32 Å². The van der Waals surface area contributed by atoms with Crippen molar-refractivity contribution in [1.29, 1.82) is 0 Å². The van der Waals surface area contributed by atoms with Gasteiger partial charge in [0.05, 0.1) is 6.26 Å². The van der Waals surface area contributed by atoms with E-state index in [1.165, 1.54) is 12.8 Å². The highest BCUT2D eigenvalue weighted by atomic mass is 16.5.